The van der Waals surface area contributed by atoms with Gasteiger partial charge in [0.25, 0.3) is 0 Å². The van der Waals surface area contributed by atoms with Gasteiger partial charge < -0.3 is 9.67 Å². The van der Waals surface area contributed by atoms with Crippen LogP contribution in [0, 0.1) is 0 Å². The maximum atomic E-state index is 11.3. The largest absolute Gasteiger partial charge is 0.506 e. The van der Waals surface area contributed by atoms with Crippen molar-refractivity contribution < 1.29 is 9.90 Å². The number of carbonyl (C=O) groups excluding carboxylic acids is 1. The Hall–Kier alpha value is -1.84. The van der Waals surface area contributed by atoms with Crippen LogP contribution in [0.2, 0.25) is 0 Å². The van der Waals surface area contributed by atoms with E-state index in [1.54, 1.807) is 16.7 Å². The molecule has 0 saturated carbocycles. The van der Waals surface area contributed by atoms with E-state index in [-0.39, 0.29) is 11.5 Å². The molecule has 0 spiro atoms. The zero-order valence-electron chi connectivity index (χ0n) is 8.69. The van der Waals surface area contributed by atoms with Crippen LogP contribution < -0.4 is 0 Å². The summed E-state index contributed by atoms with van der Waals surface area (Å²) >= 11 is 0. The number of aromatic nitrogens is 2. The molecule has 4 nitrogen and oxygen atoms in total. The third-order valence-corrected chi connectivity index (χ3v) is 2.39. The highest BCUT2D eigenvalue weighted by Crippen LogP contribution is 2.24. The van der Waals surface area contributed by atoms with Crippen molar-refractivity contribution in [2.75, 3.05) is 0 Å². The van der Waals surface area contributed by atoms with Gasteiger partial charge >= 0.3 is 0 Å². The second-order valence-electron chi connectivity index (χ2n) is 3.38. The molecule has 0 aliphatic heterocycles. The fourth-order valence-electron chi connectivity index (χ4n) is 1.72. The highest BCUT2D eigenvalue weighted by Gasteiger charge is 2.14. The van der Waals surface area contributed by atoms with E-state index in [4.69, 9.17) is 0 Å². The van der Waals surface area contributed by atoms with Gasteiger partial charge in [0.15, 0.2) is 11.6 Å². The SMILES string of the molecule is CCn1c(C(C)=O)nc2c(O)cccc21. The number of hydrogen-bond acceptors (Lipinski definition) is 3. The molecule has 1 aromatic heterocycles. The summed E-state index contributed by atoms with van der Waals surface area (Å²) in [5.41, 5.74) is 1.28. The molecule has 0 amide bonds. The Labute approximate surface area is 87.2 Å². The number of nitrogens with zero attached hydrogens (tertiary/aromatic N) is 2. The summed E-state index contributed by atoms with van der Waals surface area (Å²) in [6, 6.07) is 5.16. The van der Waals surface area contributed by atoms with Crippen LogP contribution in [-0.2, 0) is 6.54 Å². The van der Waals surface area contributed by atoms with Gasteiger partial charge in [-0.15, -0.1) is 0 Å². The lowest BCUT2D eigenvalue weighted by atomic mass is 10.3. The smallest absolute Gasteiger partial charge is 0.195 e. The molecule has 2 aromatic rings. The third kappa shape index (κ3) is 1.38. The van der Waals surface area contributed by atoms with Crippen molar-refractivity contribution in [3.63, 3.8) is 0 Å². The molecule has 0 fully saturated rings. The van der Waals surface area contributed by atoms with Crippen molar-refractivity contribution in [3.8, 4) is 5.75 Å². The first-order valence-corrected chi connectivity index (χ1v) is 4.84. The van der Waals surface area contributed by atoms with Gasteiger partial charge in [-0.2, -0.15) is 0 Å². The van der Waals surface area contributed by atoms with Gasteiger partial charge in [0.2, 0.25) is 0 Å². The molecule has 0 radical (unpaired) electrons. The Morgan fingerprint density at radius 2 is 2.27 bits per heavy atom. The molecule has 0 atom stereocenters. The Morgan fingerprint density at radius 1 is 1.53 bits per heavy atom. The van der Waals surface area contributed by atoms with Gasteiger partial charge in [-0.3, -0.25) is 4.79 Å². The molecule has 1 N–H and O–H groups in total. The summed E-state index contributed by atoms with van der Waals surface area (Å²) in [5, 5.41) is 9.60. The van der Waals surface area contributed by atoms with Crippen LogP contribution in [0.4, 0.5) is 0 Å². The van der Waals surface area contributed by atoms with Gasteiger partial charge in [0.1, 0.15) is 11.3 Å². The molecular formula is C11H12N2O2. The van der Waals surface area contributed by atoms with Crippen LogP contribution in [-0.4, -0.2) is 20.4 Å². The van der Waals surface area contributed by atoms with Crippen molar-refractivity contribution in [2.24, 2.45) is 0 Å². The number of para-hydroxylation sites is 1. The number of fused-ring (bicyclic) bond motifs is 1. The summed E-state index contributed by atoms with van der Waals surface area (Å²) in [4.78, 5) is 15.5. The first-order chi connectivity index (χ1) is 7.15. The topological polar surface area (TPSA) is 55.1 Å². The lowest BCUT2D eigenvalue weighted by Crippen LogP contribution is -2.05. The summed E-state index contributed by atoms with van der Waals surface area (Å²) in [6.07, 6.45) is 0. The number of carbonyl (C=O) groups is 1. The Bertz CT molecular complexity index is 529. The molecule has 4 heteroatoms. The molecule has 78 valence electrons. The number of hydrogen-bond donors (Lipinski definition) is 1. The minimum Gasteiger partial charge on any atom is -0.506 e. The van der Waals surface area contributed by atoms with Gasteiger partial charge in [-0.05, 0) is 19.1 Å². The molecule has 2 rings (SSSR count). The number of rotatable bonds is 2. The fraction of sp³-hybridized carbons (Fsp3) is 0.273. The van der Waals surface area contributed by atoms with Gasteiger partial charge in [0.05, 0.1) is 5.52 Å². The number of aromatic hydroxyl groups is 1. The second-order valence-corrected chi connectivity index (χ2v) is 3.38. The zero-order chi connectivity index (χ0) is 11.0. The van der Waals surface area contributed by atoms with Crippen molar-refractivity contribution in [1.82, 2.24) is 9.55 Å². The lowest BCUT2D eigenvalue weighted by molar-refractivity contribution is 0.1000. The van der Waals surface area contributed by atoms with Crippen LogP contribution in [0.25, 0.3) is 11.0 Å². The van der Waals surface area contributed by atoms with Crippen LogP contribution in [0.15, 0.2) is 18.2 Å². The highest BCUT2D eigenvalue weighted by atomic mass is 16.3. The molecule has 15 heavy (non-hydrogen) atoms. The molecule has 0 aliphatic rings. The first kappa shape index (κ1) is 9.71. The van der Waals surface area contributed by atoms with Crippen molar-refractivity contribution >= 4 is 16.8 Å². The Kier molecular flexibility index (Phi) is 2.19. The average molecular weight is 204 g/mol. The van der Waals surface area contributed by atoms with Gasteiger partial charge in [-0.25, -0.2) is 4.98 Å². The predicted molar refractivity (Wildman–Crippen MR) is 57.1 cm³/mol. The predicted octanol–water partition coefficient (Wildman–Crippen LogP) is 1.96. The van der Waals surface area contributed by atoms with E-state index in [2.05, 4.69) is 4.98 Å². The number of aryl methyl sites for hydroxylation is 1. The maximum absolute atomic E-state index is 11.3. The summed E-state index contributed by atoms with van der Waals surface area (Å²) < 4.78 is 1.80. The van der Waals surface area contributed by atoms with Crippen LogP contribution >= 0.6 is 0 Å². The molecule has 0 bridgehead atoms. The average Bonchev–Trinajstić information content (AvgIpc) is 2.57. The van der Waals surface area contributed by atoms with Crippen molar-refractivity contribution in [2.45, 2.75) is 20.4 Å². The summed E-state index contributed by atoms with van der Waals surface area (Å²) in [6.45, 7) is 4.08. The van der Waals surface area contributed by atoms with E-state index in [1.165, 1.54) is 6.92 Å². The molecule has 1 heterocycles. The summed E-state index contributed by atoms with van der Waals surface area (Å²) in [5.74, 6) is 0.420. The van der Waals surface area contributed by atoms with Gasteiger partial charge in [0, 0.05) is 13.5 Å². The normalized spacial score (nSPS) is 10.8. The molecule has 0 saturated heterocycles. The van der Waals surface area contributed by atoms with E-state index in [9.17, 15) is 9.90 Å². The summed E-state index contributed by atoms with van der Waals surface area (Å²) in [7, 11) is 0. The standard InChI is InChI=1S/C11H12N2O2/c1-3-13-8-5-4-6-9(15)10(8)12-11(13)7(2)14/h4-6,15H,3H2,1-2H3. The Morgan fingerprint density at radius 3 is 2.87 bits per heavy atom. The van der Waals surface area contributed by atoms with E-state index >= 15 is 0 Å². The lowest BCUT2D eigenvalue weighted by Gasteiger charge is -2.02. The van der Waals surface area contributed by atoms with Gasteiger partial charge in [-0.1, -0.05) is 6.07 Å². The monoisotopic (exact) mass is 204 g/mol. The first-order valence-electron chi connectivity index (χ1n) is 4.84. The van der Waals surface area contributed by atoms with Crippen molar-refractivity contribution in [1.29, 1.82) is 0 Å². The number of phenols is 1. The van der Waals surface area contributed by atoms with E-state index in [0.717, 1.165) is 5.52 Å². The minimum atomic E-state index is -0.0903. The quantitative estimate of drug-likeness (QED) is 0.761. The van der Waals surface area contributed by atoms with Crippen LogP contribution in [0.3, 0.4) is 0 Å². The fourth-order valence-corrected chi connectivity index (χ4v) is 1.72. The van der Waals surface area contributed by atoms with Crippen LogP contribution in [0.5, 0.6) is 5.75 Å². The zero-order valence-corrected chi connectivity index (χ0v) is 8.69. The molecule has 0 aliphatic carbocycles. The molecular weight excluding hydrogens is 192 g/mol. The number of Topliss-reactive ketones (excluding diaryl/α,β-unsaturated/α-hetero) is 1. The number of benzene rings is 1. The van der Waals surface area contributed by atoms with Crippen molar-refractivity contribution in [3.05, 3.63) is 24.0 Å². The number of imidazole rings is 1. The number of ketones is 1. The third-order valence-electron chi connectivity index (χ3n) is 2.39. The highest BCUT2D eigenvalue weighted by molar-refractivity contribution is 5.95. The van der Waals surface area contributed by atoms with E-state index in [1.807, 2.05) is 13.0 Å². The minimum absolute atomic E-state index is 0.0903. The van der Waals surface area contributed by atoms with Crippen LogP contribution in [0.1, 0.15) is 24.5 Å². The molecule has 0 unspecified atom stereocenters. The molecule has 1 aromatic carbocycles. The second kappa shape index (κ2) is 3.38. The van der Waals surface area contributed by atoms with E-state index in [0.29, 0.717) is 17.9 Å². The Balaban J connectivity index is 2.84. The van der Waals surface area contributed by atoms with E-state index < -0.39 is 0 Å². The number of phenolic OH excluding ortho intramolecular Hbond substituents is 1. The maximum Gasteiger partial charge on any atom is 0.195 e.